The molecule has 1 unspecified atom stereocenters. The van der Waals surface area contributed by atoms with Gasteiger partial charge in [0.15, 0.2) is 0 Å². The van der Waals surface area contributed by atoms with Crippen molar-refractivity contribution < 1.29 is 9.90 Å². The van der Waals surface area contributed by atoms with Gasteiger partial charge in [0, 0.05) is 18.3 Å². The first-order valence-corrected chi connectivity index (χ1v) is 6.03. The maximum Gasteiger partial charge on any atom is 0.322 e. The van der Waals surface area contributed by atoms with E-state index in [1.54, 1.807) is 24.3 Å². The minimum atomic E-state index is -0.0529. The van der Waals surface area contributed by atoms with Crippen LogP contribution in [0.15, 0.2) is 24.3 Å². The zero-order chi connectivity index (χ0) is 12.3. The number of aromatic hydroxyl groups is 1. The second-order valence-corrected chi connectivity index (χ2v) is 4.52. The Labute approximate surface area is 101 Å². The van der Waals surface area contributed by atoms with E-state index in [2.05, 4.69) is 12.2 Å². The van der Waals surface area contributed by atoms with Crippen molar-refractivity contribution in [3.05, 3.63) is 24.3 Å². The summed E-state index contributed by atoms with van der Waals surface area (Å²) in [5.41, 5.74) is 0.713. The number of rotatable bonds is 1. The van der Waals surface area contributed by atoms with Gasteiger partial charge in [0.05, 0.1) is 0 Å². The van der Waals surface area contributed by atoms with Crippen molar-refractivity contribution in [2.45, 2.75) is 32.2 Å². The molecule has 0 saturated carbocycles. The summed E-state index contributed by atoms with van der Waals surface area (Å²) >= 11 is 0. The van der Waals surface area contributed by atoms with Gasteiger partial charge >= 0.3 is 6.03 Å². The van der Waals surface area contributed by atoms with Crippen LogP contribution in [0.25, 0.3) is 0 Å². The van der Waals surface area contributed by atoms with Crippen LogP contribution in [0.3, 0.4) is 0 Å². The Morgan fingerprint density at radius 3 is 2.71 bits per heavy atom. The Morgan fingerprint density at radius 1 is 1.35 bits per heavy atom. The molecule has 1 atom stereocenters. The average molecular weight is 234 g/mol. The molecule has 1 heterocycles. The van der Waals surface area contributed by atoms with Gasteiger partial charge < -0.3 is 15.3 Å². The standard InChI is InChI=1S/C13H18N2O2/c1-10-4-2-3-9-15(10)13(17)14-11-5-7-12(16)8-6-11/h5-8,10,16H,2-4,9H2,1H3,(H,14,17). The molecule has 1 fully saturated rings. The average Bonchev–Trinajstić information content (AvgIpc) is 2.32. The Bertz CT molecular complexity index is 389. The third-order valence-corrected chi connectivity index (χ3v) is 3.18. The van der Waals surface area contributed by atoms with Crippen LogP contribution >= 0.6 is 0 Å². The summed E-state index contributed by atoms with van der Waals surface area (Å²) in [4.78, 5) is 13.9. The first-order chi connectivity index (χ1) is 8.16. The molecule has 1 aromatic rings. The first-order valence-electron chi connectivity index (χ1n) is 6.03. The number of nitrogens with one attached hydrogen (secondary N) is 1. The molecule has 0 bridgehead atoms. The van der Waals surface area contributed by atoms with Gasteiger partial charge in [-0.2, -0.15) is 0 Å². The number of carbonyl (C=O) groups is 1. The molecule has 1 aliphatic heterocycles. The number of hydrogen-bond donors (Lipinski definition) is 2. The number of amides is 2. The Morgan fingerprint density at radius 2 is 2.06 bits per heavy atom. The van der Waals surface area contributed by atoms with Gasteiger partial charge in [0.25, 0.3) is 0 Å². The van der Waals surface area contributed by atoms with Crippen LogP contribution in [0, 0.1) is 0 Å². The molecule has 2 N–H and O–H groups in total. The predicted molar refractivity (Wildman–Crippen MR) is 67.1 cm³/mol. The molecule has 0 aromatic heterocycles. The van der Waals surface area contributed by atoms with Gasteiger partial charge in [0.1, 0.15) is 5.75 Å². The molecule has 2 rings (SSSR count). The van der Waals surface area contributed by atoms with Crippen LogP contribution < -0.4 is 5.32 Å². The molecule has 0 aliphatic carbocycles. The molecule has 4 heteroatoms. The van der Waals surface area contributed by atoms with Crippen molar-refractivity contribution in [2.24, 2.45) is 0 Å². The van der Waals surface area contributed by atoms with E-state index in [1.165, 1.54) is 6.42 Å². The van der Waals surface area contributed by atoms with E-state index in [1.807, 2.05) is 4.90 Å². The molecule has 1 aliphatic rings. The van der Waals surface area contributed by atoms with Crippen molar-refractivity contribution >= 4 is 11.7 Å². The van der Waals surface area contributed by atoms with Crippen LogP contribution in [-0.2, 0) is 0 Å². The predicted octanol–water partition coefficient (Wildman–Crippen LogP) is 2.80. The highest BCUT2D eigenvalue weighted by Crippen LogP contribution is 2.19. The first kappa shape index (κ1) is 11.8. The lowest BCUT2D eigenvalue weighted by Crippen LogP contribution is -2.44. The molecule has 0 radical (unpaired) electrons. The van der Waals surface area contributed by atoms with Crippen molar-refractivity contribution in [3.8, 4) is 5.75 Å². The smallest absolute Gasteiger partial charge is 0.322 e. The second-order valence-electron chi connectivity index (χ2n) is 4.52. The molecule has 1 saturated heterocycles. The zero-order valence-corrected chi connectivity index (χ0v) is 10.0. The molecule has 0 spiro atoms. The highest BCUT2D eigenvalue weighted by molar-refractivity contribution is 5.89. The number of anilines is 1. The van der Waals surface area contributed by atoms with Gasteiger partial charge in [-0.1, -0.05) is 0 Å². The van der Waals surface area contributed by atoms with Gasteiger partial charge in [-0.05, 0) is 50.5 Å². The number of nitrogens with zero attached hydrogens (tertiary/aromatic N) is 1. The molecule has 17 heavy (non-hydrogen) atoms. The van der Waals surface area contributed by atoms with E-state index < -0.39 is 0 Å². The van der Waals surface area contributed by atoms with E-state index in [-0.39, 0.29) is 11.8 Å². The zero-order valence-electron chi connectivity index (χ0n) is 10.0. The lowest BCUT2D eigenvalue weighted by atomic mass is 10.0. The Balaban J connectivity index is 1.98. The fourth-order valence-corrected chi connectivity index (χ4v) is 2.14. The lowest BCUT2D eigenvalue weighted by Gasteiger charge is -2.33. The maximum atomic E-state index is 12.0. The van der Waals surface area contributed by atoms with Crippen LogP contribution in [0.5, 0.6) is 5.75 Å². The quantitative estimate of drug-likeness (QED) is 0.734. The number of likely N-dealkylation sites (tertiary alicyclic amines) is 1. The number of phenolic OH excluding ortho intramolecular Hbond substituents is 1. The molecule has 92 valence electrons. The topological polar surface area (TPSA) is 52.6 Å². The summed E-state index contributed by atoms with van der Waals surface area (Å²) < 4.78 is 0. The summed E-state index contributed by atoms with van der Waals surface area (Å²) in [6.07, 6.45) is 3.35. The minimum Gasteiger partial charge on any atom is -0.508 e. The molecule has 2 amide bonds. The third kappa shape index (κ3) is 2.90. The largest absolute Gasteiger partial charge is 0.508 e. The maximum absolute atomic E-state index is 12.0. The third-order valence-electron chi connectivity index (χ3n) is 3.18. The number of phenols is 1. The summed E-state index contributed by atoms with van der Waals surface area (Å²) in [6.45, 7) is 2.90. The van der Waals surface area contributed by atoms with Crippen molar-refractivity contribution in [3.63, 3.8) is 0 Å². The van der Waals surface area contributed by atoms with Crippen LogP contribution in [0.4, 0.5) is 10.5 Å². The van der Waals surface area contributed by atoms with Gasteiger partial charge in [0.2, 0.25) is 0 Å². The van der Waals surface area contributed by atoms with E-state index in [9.17, 15) is 4.79 Å². The van der Waals surface area contributed by atoms with Gasteiger partial charge in [-0.3, -0.25) is 0 Å². The minimum absolute atomic E-state index is 0.0529. The van der Waals surface area contributed by atoms with Crippen molar-refractivity contribution in [2.75, 3.05) is 11.9 Å². The van der Waals surface area contributed by atoms with E-state index in [0.717, 1.165) is 19.4 Å². The molecule has 1 aromatic carbocycles. The second kappa shape index (κ2) is 5.08. The summed E-state index contributed by atoms with van der Waals surface area (Å²) in [5, 5.41) is 12.0. The SMILES string of the molecule is CC1CCCCN1C(=O)Nc1ccc(O)cc1. The van der Waals surface area contributed by atoms with Gasteiger partial charge in [-0.25, -0.2) is 4.79 Å². The Hall–Kier alpha value is -1.71. The van der Waals surface area contributed by atoms with Crippen LogP contribution in [-0.4, -0.2) is 28.6 Å². The van der Waals surface area contributed by atoms with Gasteiger partial charge in [-0.15, -0.1) is 0 Å². The van der Waals surface area contributed by atoms with E-state index >= 15 is 0 Å². The summed E-state index contributed by atoms with van der Waals surface area (Å²) in [6, 6.07) is 6.78. The monoisotopic (exact) mass is 234 g/mol. The fraction of sp³-hybridized carbons (Fsp3) is 0.462. The number of piperidine rings is 1. The Kier molecular flexibility index (Phi) is 3.52. The molecule has 4 nitrogen and oxygen atoms in total. The highest BCUT2D eigenvalue weighted by atomic mass is 16.3. The summed E-state index contributed by atoms with van der Waals surface area (Å²) in [5.74, 6) is 0.203. The van der Waals surface area contributed by atoms with Crippen LogP contribution in [0.2, 0.25) is 0 Å². The van der Waals surface area contributed by atoms with Crippen LogP contribution in [0.1, 0.15) is 26.2 Å². The molecular weight excluding hydrogens is 216 g/mol. The van der Waals surface area contributed by atoms with Crippen molar-refractivity contribution in [1.29, 1.82) is 0 Å². The fourth-order valence-electron chi connectivity index (χ4n) is 2.14. The molecular formula is C13H18N2O2. The normalized spacial score (nSPS) is 20.1. The number of carbonyl (C=O) groups excluding carboxylic acids is 1. The summed E-state index contributed by atoms with van der Waals surface area (Å²) in [7, 11) is 0. The number of benzene rings is 1. The number of hydrogen-bond acceptors (Lipinski definition) is 2. The highest BCUT2D eigenvalue weighted by Gasteiger charge is 2.22. The van der Waals surface area contributed by atoms with E-state index in [4.69, 9.17) is 5.11 Å². The van der Waals surface area contributed by atoms with E-state index in [0.29, 0.717) is 11.7 Å². The van der Waals surface area contributed by atoms with Crippen molar-refractivity contribution in [1.82, 2.24) is 4.90 Å². The lowest BCUT2D eigenvalue weighted by molar-refractivity contribution is 0.170. The number of urea groups is 1.